The van der Waals surface area contributed by atoms with Crippen LogP contribution in [0.1, 0.15) is 5.56 Å². The van der Waals surface area contributed by atoms with Gasteiger partial charge in [-0.1, -0.05) is 6.07 Å². The van der Waals surface area contributed by atoms with Crippen molar-refractivity contribution in [2.45, 2.75) is 12.5 Å². The van der Waals surface area contributed by atoms with Crippen LogP contribution >= 0.6 is 12.4 Å². The highest BCUT2D eigenvalue weighted by Crippen LogP contribution is 2.13. The number of benzene rings is 1. The van der Waals surface area contributed by atoms with Gasteiger partial charge >= 0.3 is 5.97 Å². The van der Waals surface area contributed by atoms with Crippen LogP contribution in [0.25, 0.3) is 11.0 Å². The average molecular weight is 284 g/mol. The molecule has 0 aliphatic carbocycles. The molecule has 0 fully saturated rings. The molecule has 2 aromatic rings. The molecular formula is C13H14ClNO4. The van der Waals surface area contributed by atoms with E-state index in [9.17, 15) is 9.59 Å². The molecule has 19 heavy (non-hydrogen) atoms. The third kappa shape index (κ3) is 3.33. The van der Waals surface area contributed by atoms with Crippen molar-refractivity contribution in [3.63, 3.8) is 0 Å². The second kappa shape index (κ2) is 6.36. The summed E-state index contributed by atoms with van der Waals surface area (Å²) < 4.78 is 9.75. The fraction of sp³-hybridized carbons (Fsp3) is 0.231. The zero-order valence-electron chi connectivity index (χ0n) is 10.3. The Bertz CT molecular complexity index is 638. The van der Waals surface area contributed by atoms with E-state index in [0.717, 1.165) is 5.56 Å². The Morgan fingerprint density at radius 2 is 2.16 bits per heavy atom. The van der Waals surface area contributed by atoms with Gasteiger partial charge in [0.1, 0.15) is 11.6 Å². The lowest BCUT2D eigenvalue weighted by Crippen LogP contribution is -2.33. The molecule has 1 atom stereocenters. The highest BCUT2D eigenvalue weighted by atomic mass is 35.5. The van der Waals surface area contributed by atoms with Crippen LogP contribution < -0.4 is 11.2 Å². The molecule has 0 aliphatic heterocycles. The molecule has 0 bridgehead atoms. The lowest BCUT2D eigenvalue weighted by Gasteiger charge is -2.09. The van der Waals surface area contributed by atoms with Crippen molar-refractivity contribution < 1.29 is 13.9 Å². The van der Waals surface area contributed by atoms with E-state index < -0.39 is 12.0 Å². The van der Waals surface area contributed by atoms with Gasteiger partial charge in [0, 0.05) is 6.07 Å². The molecule has 0 amide bonds. The van der Waals surface area contributed by atoms with Gasteiger partial charge in [-0.15, -0.1) is 12.4 Å². The molecule has 0 saturated heterocycles. The molecule has 1 aromatic heterocycles. The Kier molecular flexibility index (Phi) is 5.09. The van der Waals surface area contributed by atoms with Crippen molar-refractivity contribution in [3.05, 3.63) is 46.3 Å². The summed E-state index contributed by atoms with van der Waals surface area (Å²) in [6.45, 7) is 0. The number of carbonyl (C=O) groups is 1. The largest absolute Gasteiger partial charge is 0.468 e. The van der Waals surface area contributed by atoms with Gasteiger partial charge in [-0.25, -0.2) is 0 Å². The van der Waals surface area contributed by atoms with Gasteiger partial charge in [0.15, 0.2) is 5.43 Å². The first-order valence-electron chi connectivity index (χ1n) is 5.45. The molecule has 6 heteroatoms. The van der Waals surface area contributed by atoms with Gasteiger partial charge in [0.25, 0.3) is 0 Å². The minimum Gasteiger partial charge on any atom is -0.468 e. The van der Waals surface area contributed by atoms with Gasteiger partial charge in [0.2, 0.25) is 0 Å². The van der Waals surface area contributed by atoms with Gasteiger partial charge in [0.05, 0.1) is 18.8 Å². The molecular weight excluding hydrogens is 270 g/mol. The number of esters is 1. The molecule has 0 radical (unpaired) electrons. The van der Waals surface area contributed by atoms with E-state index in [1.54, 1.807) is 18.2 Å². The second-order valence-electron chi connectivity index (χ2n) is 3.95. The quantitative estimate of drug-likeness (QED) is 0.858. The Balaban J connectivity index is 0.00000180. The summed E-state index contributed by atoms with van der Waals surface area (Å²) in [5.74, 6) is -0.477. The monoisotopic (exact) mass is 283 g/mol. The molecule has 2 rings (SSSR count). The third-order valence-electron chi connectivity index (χ3n) is 2.68. The SMILES string of the molecule is COC(=O)C(N)Cc1ccc2occc(=O)c2c1.Cl. The van der Waals surface area contributed by atoms with Crippen molar-refractivity contribution in [2.75, 3.05) is 7.11 Å². The van der Waals surface area contributed by atoms with Crippen molar-refractivity contribution >= 4 is 29.3 Å². The van der Waals surface area contributed by atoms with Gasteiger partial charge in [-0.05, 0) is 24.1 Å². The second-order valence-corrected chi connectivity index (χ2v) is 3.95. The van der Waals surface area contributed by atoms with Crippen LogP contribution in [-0.4, -0.2) is 19.1 Å². The molecule has 1 unspecified atom stereocenters. The number of nitrogens with two attached hydrogens (primary N) is 1. The summed E-state index contributed by atoms with van der Waals surface area (Å²) >= 11 is 0. The minimum atomic E-state index is -0.733. The summed E-state index contributed by atoms with van der Waals surface area (Å²) in [4.78, 5) is 22.8. The summed E-state index contributed by atoms with van der Waals surface area (Å²) in [6, 6.07) is 5.77. The molecule has 0 spiro atoms. The maximum Gasteiger partial charge on any atom is 0.322 e. The number of fused-ring (bicyclic) bond motifs is 1. The summed E-state index contributed by atoms with van der Waals surface area (Å²) in [7, 11) is 1.29. The number of halogens is 1. The molecule has 102 valence electrons. The van der Waals surface area contributed by atoms with Crippen LogP contribution in [0.15, 0.2) is 39.7 Å². The zero-order valence-corrected chi connectivity index (χ0v) is 11.1. The summed E-state index contributed by atoms with van der Waals surface area (Å²) in [5.41, 5.74) is 6.85. The van der Waals surface area contributed by atoms with Gasteiger partial charge < -0.3 is 14.9 Å². The van der Waals surface area contributed by atoms with Gasteiger partial charge in [-0.3, -0.25) is 9.59 Å². The van der Waals surface area contributed by atoms with E-state index in [0.29, 0.717) is 17.4 Å². The highest BCUT2D eigenvalue weighted by Gasteiger charge is 2.14. The molecule has 1 aromatic carbocycles. The number of hydrogen-bond acceptors (Lipinski definition) is 5. The standard InChI is InChI=1S/C13H13NO4.ClH/c1-17-13(16)10(14)7-8-2-3-12-9(6-8)11(15)4-5-18-12;/h2-6,10H,7,14H2,1H3;1H. The molecule has 1 heterocycles. The molecule has 5 nitrogen and oxygen atoms in total. The van der Waals surface area contributed by atoms with Crippen LogP contribution in [0.5, 0.6) is 0 Å². The van der Waals surface area contributed by atoms with Crippen LogP contribution in [0.4, 0.5) is 0 Å². The topological polar surface area (TPSA) is 82.5 Å². The average Bonchev–Trinajstić information content (AvgIpc) is 2.38. The minimum absolute atomic E-state index is 0. The summed E-state index contributed by atoms with van der Waals surface area (Å²) in [6.07, 6.45) is 1.67. The lowest BCUT2D eigenvalue weighted by molar-refractivity contribution is -0.142. The predicted molar refractivity (Wildman–Crippen MR) is 73.4 cm³/mol. The third-order valence-corrected chi connectivity index (χ3v) is 2.68. The number of ether oxygens (including phenoxy) is 1. The number of hydrogen-bond donors (Lipinski definition) is 1. The van der Waals surface area contributed by atoms with Crippen molar-refractivity contribution in [2.24, 2.45) is 5.73 Å². The predicted octanol–water partition coefficient (Wildman–Crippen LogP) is 1.26. The Morgan fingerprint density at radius 3 is 2.84 bits per heavy atom. The molecule has 0 saturated carbocycles. The summed E-state index contributed by atoms with van der Waals surface area (Å²) in [5, 5.41) is 0.479. The lowest BCUT2D eigenvalue weighted by atomic mass is 10.0. The fourth-order valence-electron chi connectivity index (χ4n) is 1.75. The Hall–Kier alpha value is -1.85. The molecule has 0 aliphatic rings. The Morgan fingerprint density at radius 1 is 1.42 bits per heavy atom. The van der Waals surface area contributed by atoms with E-state index in [4.69, 9.17) is 10.2 Å². The maximum atomic E-state index is 11.6. The normalized spacial score (nSPS) is 11.7. The number of methoxy groups -OCH3 is 1. The first kappa shape index (κ1) is 15.2. The van der Waals surface area contributed by atoms with E-state index in [1.165, 1.54) is 19.4 Å². The first-order chi connectivity index (χ1) is 8.61. The molecule has 2 N–H and O–H groups in total. The number of rotatable bonds is 3. The fourth-order valence-corrected chi connectivity index (χ4v) is 1.75. The van der Waals surface area contributed by atoms with Crippen LogP contribution in [0.2, 0.25) is 0 Å². The zero-order chi connectivity index (χ0) is 13.1. The van der Waals surface area contributed by atoms with Crippen LogP contribution in [-0.2, 0) is 16.0 Å². The van der Waals surface area contributed by atoms with Gasteiger partial charge in [-0.2, -0.15) is 0 Å². The van der Waals surface area contributed by atoms with Crippen molar-refractivity contribution in [1.82, 2.24) is 0 Å². The van der Waals surface area contributed by atoms with E-state index in [1.807, 2.05) is 0 Å². The van der Waals surface area contributed by atoms with E-state index in [2.05, 4.69) is 4.74 Å². The first-order valence-corrected chi connectivity index (χ1v) is 5.45. The number of carbonyl (C=O) groups excluding carboxylic acids is 1. The smallest absolute Gasteiger partial charge is 0.322 e. The van der Waals surface area contributed by atoms with Crippen LogP contribution in [0.3, 0.4) is 0 Å². The maximum absolute atomic E-state index is 11.6. The van der Waals surface area contributed by atoms with Crippen molar-refractivity contribution in [3.8, 4) is 0 Å². The van der Waals surface area contributed by atoms with Crippen LogP contribution in [0, 0.1) is 0 Å². The van der Waals surface area contributed by atoms with E-state index >= 15 is 0 Å². The Labute approximate surface area is 115 Å². The highest BCUT2D eigenvalue weighted by molar-refractivity contribution is 5.85. The van der Waals surface area contributed by atoms with Crippen molar-refractivity contribution in [1.29, 1.82) is 0 Å². The van der Waals surface area contributed by atoms with E-state index in [-0.39, 0.29) is 17.8 Å².